The number of hydrogen-bond donors (Lipinski definition) is 3. The second-order valence-corrected chi connectivity index (χ2v) is 4.85. The summed E-state index contributed by atoms with van der Waals surface area (Å²) >= 11 is 0. The molecule has 0 spiro atoms. The lowest BCUT2D eigenvalue weighted by atomic mass is 9.97. The molecule has 0 aromatic heterocycles. The van der Waals surface area contributed by atoms with E-state index in [4.69, 9.17) is 16.9 Å². The van der Waals surface area contributed by atoms with Crippen molar-refractivity contribution < 1.29 is 9.18 Å². The van der Waals surface area contributed by atoms with Crippen LogP contribution in [0.2, 0.25) is 0 Å². The summed E-state index contributed by atoms with van der Waals surface area (Å²) in [4.78, 5) is 11.6. The summed E-state index contributed by atoms with van der Waals surface area (Å²) in [6.07, 6.45) is 5.06. The lowest BCUT2D eigenvalue weighted by Crippen LogP contribution is -2.05. The zero-order valence-electron chi connectivity index (χ0n) is 12.5. The van der Waals surface area contributed by atoms with E-state index >= 15 is 0 Å². The molecule has 1 aromatic carbocycles. The highest BCUT2D eigenvalue weighted by atomic mass is 19.1. The van der Waals surface area contributed by atoms with Gasteiger partial charge in [0.15, 0.2) is 5.78 Å². The SMILES string of the molecule is C=C(N)CCC(=N)c1ccc(C(=CC=CN)C(C)=O)c(F)c1. The van der Waals surface area contributed by atoms with Crippen molar-refractivity contribution in [1.82, 2.24) is 0 Å². The van der Waals surface area contributed by atoms with Crippen molar-refractivity contribution in [3.63, 3.8) is 0 Å². The Hall–Kier alpha value is -2.69. The molecule has 1 aromatic rings. The van der Waals surface area contributed by atoms with Gasteiger partial charge in [-0.2, -0.15) is 0 Å². The number of nitrogens with one attached hydrogen (secondary N) is 1. The van der Waals surface area contributed by atoms with Crippen molar-refractivity contribution in [2.45, 2.75) is 19.8 Å². The second kappa shape index (κ2) is 7.93. The van der Waals surface area contributed by atoms with Gasteiger partial charge < -0.3 is 16.9 Å². The predicted molar refractivity (Wildman–Crippen MR) is 87.8 cm³/mol. The molecule has 5 N–H and O–H groups in total. The number of halogens is 1. The second-order valence-electron chi connectivity index (χ2n) is 4.85. The van der Waals surface area contributed by atoms with E-state index in [0.29, 0.717) is 24.1 Å². The van der Waals surface area contributed by atoms with Gasteiger partial charge in [0.05, 0.1) is 0 Å². The van der Waals surface area contributed by atoms with Gasteiger partial charge >= 0.3 is 0 Å². The Bertz CT molecular complexity index is 660. The first-order valence-electron chi connectivity index (χ1n) is 6.77. The van der Waals surface area contributed by atoms with Gasteiger partial charge in [0.1, 0.15) is 5.82 Å². The zero-order valence-corrected chi connectivity index (χ0v) is 12.5. The van der Waals surface area contributed by atoms with E-state index in [-0.39, 0.29) is 22.6 Å². The highest BCUT2D eigenvalue weighted by Crippen LogP contribution is 2.21. The van der Waals surface area contributed by atoms with Crippen LogP contribution >= 0.6 is 0 Å². The van der Waals surface area contributed by atoms with E-state index in [2.05, 4.69) is 6.58 Å². The summed E-state index contributed by atoms with van der Waals surface area (Å²) in [5.41, 5.74) is 12.3. The Morgan fingerprint density at radius 2 is 2.09 bits per heavy atom. The van der Waals surface area contributed by atoms with Crippen LogP contribution in [0.4, 0.5) is 4.39 Å². The number of hydrogen-bond acceptors (Lipinski definition) is 4. The molecule has 22 heavy (non-hydrogen) atoms. The number of nitrogens with two attached hydrogens (primary N) is 2. The maximum absolute atomic E-state index is 14.3. The standard InChI is InChI=1S/C17H20FN3O/c1-11(20)5-8-17(21)13-6-7-15(16(18)10-13)14(12(2)22)4-3-9-19/h3-4,6-7,9-10,21H,1,5,8,19-20H2,2H3. The molecule has 0 heterocycles. The number of Topliss-reactive ketones (excluding diaryl/α,β-unsaturated/α-hetero) is 1. The third kappa shape index (κ3) is 4.70. The molecule has 0 aliphatic rings. The molecule has 116 valence electrons. The van der Waals surface area contributed by atoms with Crippen LogP contribution in [0.15, 0.2) is 48.8 Å². The Balaban J connectivity index is 3.10. The maximum atomic E-state index is 14.3. The average Bonchev–Trinajstić information content (AvgIpc) is 2.46. The van der Waals surface area contributed by atoms with Crippen molar-refractivity contribution in [1.29, 1.82) is 5.41 Å². The molecular weight excluding hydrogens is 281 g/mol. The van der Waals surface area contributed by atoms with Crippen LogP contribution in [0.3, 0.4) is 0 Å². The first-order valence-corrected chi connectivity index (χ1v) is 6.77. The van der Waals surface area contributed by atoms with Crippen LogP contribution < -0.4 is 11.5 Å². The molecule has 0 saturated heterocycles. The van der Waals surface area contributed by atoms with Crippen LogP contribution in [0.1, 0.15) is 30.9 Å². The van der Waals surface area contributed by atoms with E-state index in [1.165, 1.54) is 37.4 Å². The fourth-order valence-corrected chi connectivity index (χ4v) is 1.90. The van der Waals surface area contributed by atoms with Gasteiger partial charge in [-0.25, -0.2) is 4.39 Å². The van der Waals surface area contributed by atoms with Crippen LogP contribution in [0, 0.1) is 11.2 Å². The number of rotatable bonds is 7. The quantitative estimate of drug-likeness (QED) is 0.410. The fraction of sp³-hybridized carbons (Fsp3) is 0.176. The van der Waals surface area contributed by atoms with Gasteiger partial charge in [-0.3, -0.25) is 4.79 Å². The molecule has 0 radical (unpaired) electrons. The lowest BCUT2D eigenvalue weighted by molar-refractivity contribution is -0.111. The highest BCUT2D eigenvalue weighted by Gasteiger charge is 2.13. The Morgan fingerprint density at radius 1 is 1.41 bits per heavy atom. The molecule has 0 unspecified atom stereocenters. The predicted octanol–water partition coefficient (Wildman–Crippen LogP) is 2.89. The zero-order chi connectivity index (χ0) is 16.7. The van der Waals surface area contributed by atoms with E-state index < -0.39 is 5.82 Å². The maximum Gasteiger partial charge on any atom is 0.160 e. The van der Waals surface area contributed by atoms with Crippen molar-refractivity contribution in [3.05, 3.63) is 65.8 Å². The highest BCUT2D eigenvalue weighted by molar-refractivity contribution is 6.20. The Morgan fingerprint density at radius 3 is 2.59 bits per heavy atom. The molecule has 0 bridgehead atoms. The Labute approximate surface area is 129 Å². The number of benzene rings is 1. The molecule has 4 nitrogen and oxygen atoms in total. The van der Waals surface area contributed by atoms with Gasteiger partial charge in [0.25, 0.3) is 0 Å². The van der Waals surface area contributed by atoms with Gasteiger partial charge in [0, 0.05) is 22.5 Å². The number of allylic oxidation sites excluding steroid dienone is 4. The summed E-state index contributed by atoms with van der Waals surface area (Å²) in [7, 11) is 0. The first-order chi connectivity index (χ1) is 10.4. The van der Waals surface area contributed by atoms with Crippen molar-refractivity contribution in [2.24, 2.45) is 11.5 Å². The molecule has 0 amide bonds. The van der Waals surface area contributed by atoms with Gasteiger partial charge in [0.2, 0.25) is 0 Å². The summed E-state index contributed by atoms with van der Waals surface area (Å²) in [5.74, 6) is -0.819. The Kier molecular flexibility index (Phi) is 6.25. The minimum absolute atomic E-state index is 0.186. The summed E-state index contributed by atoms with van der Waals surface area (Å²) in [6, 6.07) is 4.36. The smallest absolute Gasteiger partial charge is 0.160 e. The molecule has 5 heteroatoms. The minimum Gasteiger partial charge on any atom is -0.405 e. The molecular formula is C17H20FN3O. The van der Waals surface area contributed by atoms with Crippen LogP contribution in [-0.4, -0.2) is 11.5 Å². The third-order valence-corrected chi connectivity index (χ3v) is 3.06. The summed E-state index contributed by atoms with van der Waals surface area (Å²) in [5, 5.41) is 7.92. The van der Waals surface area contributed by atoms with Crippen molar-refractivity contribution in [3.8, 4) is 0 Å². The van der Waals surface area contributed by atoms with E-state index in [1.54, 1.807) is 6.07 Å². The van der Waals surface area contributed by atoms with Crippen molar-refractivity contribution in [2.75, 3.05) is 0 Å². The van der Waals surface area contributed by atoms with E-state index in [9.17, 15) is 9.18 Å². The van der Waals surface area contributed by atoms with E-state index in [1.807, 2.05) is 0 Å². The summed E-state index contributed by atoms with van der Waals surface area (Å²) in [6.45, 7) is 4.93. The van der Waals surface area contributed by atoms with E-state index in [0.717, 1.165) is 0 Å². The molecule has 1 rings (SSSR count). The lowest BCUT2D eigenvalue weighted by Gasteiger charge is -2.09. The average molecular weight is 301 g/mol. The van der Waals surface area contributed by atoms with Crippen LogP contribution in [0.25, 0.3) is 5.57 Å². The number of carbonyl (C=O) groups is 1. The monoisotopic (exact) mass is 301 g/mol. The third-order valence-electron chi connectivity index (χ3n) is 3.06. The van der Waals surface area contributed by atoms with Crippen LogP contribution in [-0.2, 0) is 4.79 Å². The first kappa shape index (κ1) is 17.4. The largest absolute Gasteiger partial charge is 0.405 e. The topological polar surface area (TPSA) is 93.0 Å². The number of carbonyl (C=O) groups excluding carboxylic acids is 1. The van der Waals surface area contributed by atoms with Crippen LogP contribution in [0.5, 0.6) is 0 Å². The van der Waals surface area contributed by atoms with Gasteiger partial charge in [-0.1, -0.05) is 18.7 Å². The normalized spacial score (nSPS) is 11.6. The summed E-state index contributed by atoms with van der Waals surface area (Å²) < 4.78 is 14.3. The van der Waals surface area contributed by atoms with Crippen molar-refractivity contribution >= 4 is 17.1 Å². The molecule has 0 saturated carbocycles. The van der Waals surface area contributed by atoms with Gasteiger partial charge in [-0.15, -0.1) is 0 Å². The molecule has 0 aliphatic carbocycles. The van der Waals surface area contributed by atoms with Gasteiger partial charge in [-0.05, 0) is 49.7 Å². The molecule has 0 aliphatic heterocycles. The number of ketones is 1. The fourth-order valence-electron chi connectivity index (χ4n) is 1.90. The molecule has 0 atom stereocenters. The minimum atomic E-state index is -0.555. The molecule has 0 fully saturated rings.